The van der Waals surface area contributed by atoms with Crippen LogP contribution in [0.4, 0.5) is 36.3 Å². The summed E-state index contributed by atoms with van der Waals surface area (Å²) in [5.74, 6) is 0.928. The van der Waals surface area contributed by atoms with E-state index in [0.717, 1.165) is 22.3 Å². The fourth-order valence-electron chi connectivity index (χ4n) is 1.65. The number of H-pyrrole nitrogens is 4. The summed E-state index contributed by atoms with van der Waals surface area (Å²) in [5.41, 5.74) is 14.0. The van der Waals surface area contributed by atoms with Crippen molar-refractivity contribution in [3.8, 4) is 0 Å². The number of nitrogens with two attached hydrogens (primary N) is 2. The molecule has 0 aliphatic rings. The Morgan fingerprint density at radius 1 is 0.690 bits per heavy atom. The van der Waals surface area contributed by atoms with E-state index < -0.39 is 8.63 Å². The Morgan fingerprint density at radius 3 is 1.28 bits per heavy atom. The van der Waals surface area contributed by atoms with Crippen molar-refractivity contribution in [2.24, 2.45) is 0 Å². The normalized spacial score (nSPS) is 12.8. The van der Waals surface area contributed by atoms with Gasteiger partial charge in [0, 0.05) is 0 Å². The first-order valence-electron chi connectivity index (χ1n) is 6.79. The second kappa shape index (κ2) is 7.81. The van der Waals surface area contributed by atoms with Crippen molar-refractivity contribution in [3.63, 3.8) is 0 Å². The molecular formula is C10H16F6N10O2Si. The van der Waals surface area contributed by atoms with Crippen molar-refractivity contribution in [3.05, 3.63) is 25.3 Å². The Morgan fingerprint density at radius 2 is 1.00 bits per heavy atom. The van der Waals surface area contributed by atoms with E-state index in [9.17, 15) is 24.6 Å². The van der Waals surface area contributed by atoms with E-state index in [4.69, 9.17) is 11.5 Å². The number of nitrogen functional groups attached to an aromatic ring is 2. The molecule has 4 rings (SSSR count). The monoisotopic (exact) mass is 450 g/mol. The average molecular weight is 450 g/mol. The molecule has 0 saturated heterocycles. The Labute approximate surface area is 155 Å². The van der Waals surface area contributed by atoms with Gasteiger partial charge in [-0.05, 0) is 0 Å². The third-order valence-corrected chi connectivity index (χ3v) is 2.60. The number of nitrogens with one attached hydrogen (secondary N) is 4. The summed E-state index contributed by atoms with van der Waals surface area (Å²) in [4.78, 5) is 27.0. The van der Waals surface area contributed by atoms with Gasteiger partial charge in [-0.25, -0.2) is 9.97 Å². The van der Waals surface area contributed by atoms with Crippen molar-refractivity contribution >= 4 is 42.6 Å². The van der Waals surface area contributed by atoms with Gasteiger partial charge in [0.05, 0.1) is 0 Å². The molecule has 0 aliphatic heterocycles. The maximum atomic E-state index is 9.88. The molecule has 0 unspecified atom stereocenters. The third kappa shape index (κ3) is 9.25. The number of hydrogen-bond acceptors (Lipinski definition) is 6. The molecule has 4 aromatic heterocycles. The average Bonchev–Trinajstić information content (AvgIpc) is 3.14. The van der Waals surface area contributed by atoms with Gasteiger partial charge in [0.2, 0.25) is 24.3 Å². The van der Waals surface area contributed by atoms with Gasteiger partial charge in [0.25, 0.3) is 11.3 Å². The molecule has 0 radical (unpaired) electrons. The molecule has 0 spiro atoms. The van der Waals surface area contributed by atoms with Crippen LogP contribution in [0.25, 0.3) is 22.3 Å². The molecule has 4 heterocycles. The molecule has 0 aliphatic carbocycles. The van der Waals surface area contributed by atoms with E-state index in [-0.39, 0.29) is 11.0 Å². The number of fused-ring (bicyclic) bond motifs is 2. The molecule has 12 N–H and O–H groups in total. The first kappa shape index (κ1) is 25.4. The standard InChI is InChI=1S/2C5H5N5.F6Si.2H2O/c2*6-4-3-5(9-1-7-3)10-2-8-4;1-7(2,3,4,5)6;;/h2*1-2H,(H3,6,7,8,9,10);;2*1H2/q;;-2;;/p+2. The van der Waals surface area contributed by atoms with Crippen LogP contribution in [0.15, 0.2) is 25.3 Å². The van der Waals surface area contributed by atoms with Gasteiger partial charge in [-0.3, -0.25) is 0 Å². The first-order chi connectivity index (χ1) is 12.2. The fraction of sp³-hybridized carbons (Fsp3) is 0. The zero-order valence-electron chi connectivity index (χ0n) is 14.0. The topological polar surface area (TPSA) is 226 Å². The predicted molar refractivity (Wildman–Crippen MR) is 89.3 cm³/mol. The molecule has 164 valence electrons. The third-order valence-electron chi connectivity index (χ3n) is 2.60. The summed E-state index contributed by atoms with van der Waals surface area (Å²) < 4.78 is 59.3. The summed E-state index contributed by atoms with van der Waals surface area (Å²) in [7, 11) is -10.8. The van der Waals surface area contributed by atoms with Crippen molar-refractivity contribution in [1.82, 2.24) is 29.9 Å². The molecule has 0 fully saturated rings. The number of nitrogens with zero attached hydrogens (tertiary/aromatic N) is 4. The van der Waals surface area contributed by atoms with Gasteiger partial charge >= 0.3 is 33.3 Å². The summed E-state index contributed by atoms with van der Waals surface area (Å²) >= 11 is 0. The summed E-state index contributed by atoms with van der Waals surface area (Å²) in [6.45, 7) is 0. The molecule has 0 aromatic carbocycles. The first-order valence-corrected chi connectivity index (χ1v) is 9.06. The number of rotatable bonds is 0. The number of aromatic amines is 4. The van der Waals surface area contributed by atoms with Crippen LogP contribution in [-0.2, 0) is 0 Å². The fourth-order valence-corrected chi connectivity index (χ4v) is 1.65. The SMILES string of the molecule is F[Si-2](F)(F)(F)(F)F.Nc1nc[nH+]c2nc[nH]c12.Nc1nc[nH+]c2nc[nH]c12.O.O. The molecule has 0 atom stereocenters. The quantitative estimate of drug-likeness (QED) is 0.152. The zero-order chi connectivity index (χ0) is 20.4. The number of halogens is 6. The van der Waals surface area contributed by atoms with Crippen LogP contribution in [-0.4, -0.2) is 49.5 Å². The van der Waals surface area contributed by atoms with Crippen LogP contribution in [0.3, 0.4) is 0 Å². The number of anilines is 2. The maximum Gasteiger partial charge on any atom is 0.290 e. The maximum absolute atomic E-state index is 10.8. The van der Waals surface area contributed by atoms with Crippen molar-refractivity contribution < 1.29 is 45.6 Å². The van der Waals surface area contributed by atoms with Crippen LogP contribution in [0.2, 0.25) is 0 Å². The largest absolute Gasteiger partial charge is 0.412 e. The van der Waals surface area contributed by atoms with Crippen LogP contribution in [0.1, 0.15) is 0 Å². The number of aromatic nitrogens is 8. The van der Waals surface area contributed by atoms with E-state index in [2.05, 4.69) is 39.9 Å². The molecule has 0 bridgehead atoms. The van der Waals surface area contributed by atoms with Gasteiger partial charge in [0.1, 0.15) is 0 Å². The van der Waals surface area contributed by atoms with Crippen molar-refractivity contribution in [2.75, 3.05) is 11.5 Å². The van der Waals surface area contributed by atoms with Crippen LogP contribution in [0, 0.1) is 0 Å². The second-order valence-corrected chi connectivity index (χ2v) is 7.04. The minimum absolute atomic E-state index is 0. The Bertz CT molecular complexity index is 986. The van der Waals surface area contributed by atoms with Gasteiger partial charge in [-0.1, -0.05) is 19.9 Å². The Hall–Kier alpha value is -3.58. The van der Waals surface area contributed by atoms with E-state index in [0.29, 0.717) is 11.6 Å². The molecular weight excluding hydrogens is 434 g/mol. The van der Waals surface area contributed by atoms with E-state index in [1.54, 1.807) is 12.7 Å². The Kier molecular flexibility index (Phi) is 6.84. The minimum Gasteiger partial charge on any atom is -0.412 e. The molecule has 12 nitrogen and oxygen atoms in total. The molecule has 19 heteroatoms. The van der Waals surface area contributed by atoms with Crippen molar-refractivity contribution in [1.29, 1.82) is 0 Å². The summed E-state index contributed by atoms with van der Waals surface area (Å²) in [6, 6.07) is 0. The van der Waals surface area contributed by atoms with Gasteiger partial charge in [-0.2, -0.15) is 0 Å². The predicted octanol–water partition coefficient (Wildman–Crippen LogP) is -0.801. The van der Waals surface area contributed by atoms with Gasteiger partial charge < -0.3 is 32.4 Å². The molecule has 0 amide bonds. The Balaban J connectivity index is 0.000000401. The van der Waals surface area contributed by atoms with E-state index in [1.165, 1.54) is 12.7 Å². The minimum atomic E-state index is -10.8. The summed E-state index contributed by atoms with van der Waals surface area (Å²) in [6.07, 6.45) is 6.16. The molecule has 4 aromatic rings. The number of hydrogen-bond donors (Lipinski definition) is 4. The van der Waals surface area contributed by atoms with Gasteiger partial charge in [0.15, 0.2) is 23.7 Å². The van der Waals surface area contributed by atoms with Crippen LogP contribution >= 0.6 is 0 Å². The smallest absolute Gasteiger partial charge is 0.290 e. The summed E-state index contributed by atoms with van der Waals surface area (Å²) in [5, 5.41) is 0. The molecule has 0 saturated carbocycles. The zero-order valence-corrected chi connectivity index (χ0v) is 15.0. The van der Waals surface area contributed by atoms with Crippen LogP contribution < -0.4 is 21.4 Å². The number of imidazole rings is 2. The molecule has 29 heavy (non-hydrogen) atoms. The van der Waals surface area contributed by atoms with Gasteiger partial charge in [-0.15, -0.1) is 0 Å². The van der Waals surface area contributed by atoms with Crippen LogP contribution in [0.5, 0.6) is 0 Å². The second-order valence-electron chi connectivity index (χ2n) is 4.90. The van der Waals surface area contributed by atoms with Crippen molar-refractivity contribution in [2.45, 2.75) is 0 Å². The van der Waals surface area contributed by atoms with E-state index >= 15 is 0 Å². The van der Waals surface area contributed by atoms with E-state index in [1.807, 2.05) is 0 Å².